The summed E-state index contributed by atoms with van der Waals surface area (Å²) in [6.45, 7) is 4.31. The topological polar surface area (TPSA) is 106 Å². The number of halogens is 3. The molecule has 0 radical (unpaired) electrons. The van der Waals surface area contributed by atoms with E-state index in [9.17, 15) is 18.0 Å². The summed E-state index contributed by atoms with van der Waals surface area (Å²) in [5.74, 6) is 0.575. The minimum atomic E-state index is -4.86. The lowest BCUT2D eigenvalue weighted by Gasteiger charge is -2.14. The van der Waals surface area contributed by atoms with Crippen molar-refractivity contribution in [1.82, 2.24) is 25.3 Å². The normalized spacial score (nSPS) is 11.1. The van der Waals surface area contributed by atoms with Gasteiger partial charge in [0.15, 0.2) is 11.6 Å². The summed E-state index contributed by atoms with van der Waals surface area (Å²) >= 11 is 0. The highest BCUT2D eigenvalue weighted by molar-refractivity contribution is 5.90. The number of para-hydroxylation sites is 2. The second-order valence-electron chi connectivity index (χ2n) is 6.47. The number of hydrogen-bond acceptors (Lipinski definition) is 6. The van der Waals surface area contributed by atoms with Crippen molar-refractivity contribution in [3.63, 3.8) is 0 Å². The lowest BCUT2D eigenvalue weighted by atomic mass is 10.3. The molecule has 9 nitrogen and oxygen atoms in total. The van der Waals surface area contributed by atoms with Crippen LogP contribution in [-0.4, -0.2) is 45.5 Å². The number of urea groups is 1. The summed E-state index contributed by atoms with van der Waals surface area (Å²) in [5.41, 5.74) is 1.71. The summed E-state index contributed by atoms with van der Waals surface area (Å²) in [6.07, 6.45) is -4.86. The summed E-state index contributed by atoms with van der Waals surface area (Å²) in [5, 5.41) is 20.3. The zero-order valence-electron chi connectivity index (χ0n) is 16.7. The molecular weight excluding hydrogens is 415 g/mol. The number of nitrogens with one attached hydrogen (secondary N) is 3. The number of nitrogens with zero attached hydrogens (tertiary/aromatic N) is 4. The molecule has 2 amide bonds. The van der Waals surface area contributed by atoms with Gasteiger partial charge in [-0.25, -0.2) is 9.48 Å². The van der Waals surface area contributed by atoms with Gasteiger partial charge >= 0.3 is 12.4 Å². The van der Waals surface area contributed by atoms with Crippen molar-refractivity contribution in [3.05, 3.63) is 53.9 Å². The van der Waals surface area contributed by atoms with Gasteiger partial charge in [0.25, 0.3) is 0 Å². The van der Waals surface area contributed by atoms with Crippen LogP contribution in [0.3, 0.4) is 0 Å². The molecule has 3 N–H and O–H groups in total. The van der Waals surface area contributed by atoms with E-state index in [0.717, 1.165) is 17.5 Å². The van der Waals surface area contributed by atoms with Crippen LogP contribution in [0.5, 0.6) is 5.75 Å². The van der Waals surface area contributed by atoms with Gasteiger partial charge in [0.2, 0.25) is 0 Å². The van der Waals surface area contributed by atoms with Gasteiger partial charge in [0.05, 0.1) is 11.4 Å². The number of carbonyl (C=O) groups is 1. The minimum Gasteiger partial charge on any atom is -0.404 e. The third-order valence-corrected chi connectivity index (χ3v) is 3.95. The summed E-state index contributed by atoms with van der Waals surface area (Å²) < 4.78 is 42.9. The maximum Gasteiger partial charge on any atom is 0.573 e. The summed E-state index contributed by atoms with van der Waals surface area (Å²) in [7, 11) is 0. The maximum atomic E-state index is 12.4. The molecule has 3 rings (SSSR count). The van der Waals surface area contributed by atoms with Crippen LogP contribution in [0.2, 0.25) is 0 Å². The number of ether oxygens (including phenoxy) is 1. The molecule has 164 valence electrons. The van der Waals surface area contributed by atoms with Crippen LogP contribution in [-0.2, 0) is 0 Å². The zero-order valence-corrected chi connectivity index (χ0v) is 16.7. The smallest absolute Gasteiger partial charge is 0.404 e. The second kappa shape index (κ2) is 9.32. The van der Waals surface area contributed by atoms with Crippen molar-refractivity contribution < 1.29 is 22.7 Å². The molecule has 0 atom stereocenters. The van der Waals surface area contributed by atoms with E-state index in [0.29, 0.717) is 18.2 Å². The molecule has 2 aromatic heterocycles. The predicted molar refractivity (Wildman–Crippen MR) is 107 cm³/mol. The number of anilines is 2. The van der Waals surface area contributed by atoms with Crippen molar-refractivity contribution in [2.24, 2.45) is 0 Å². The Morgan fingerprint density at radius 1 is 1.10 bits per heavy atom. The standard InChI is InChI=1S/C19H20F3N7O2/c1-12-11-13(2)29(28-12)17-8-7-16(26-27-17)23-9-10-24-18(30)25-14-5-3-4-6-15(14)31-19(20,21)22/h3-8,11H,9-10H2,1-2H3,(H,23,26)(H2,24,25,30). The Morgan fingerprint density at radius 2 is 1.87 bits per heavy atom. The molecule has 0 spiro atoms. The van der Waals surface area contributed by atoms with Crippen LogP contribution in [0.1, 0.15) is 11.4 Å². The Balaban J connectivity index is 1.46. The molecule has 31 heavy (non-hydrogen) atoms. The molecule has 0 aliphatic rings. The quantitative estimate of drug-likeness (QED) is 0.491. The zero-order chi connectivity index (χ0) is 22.4. The molecule has 0 unspecified atom stereocenters. The van der Waals surface area contributed by atoms with Crippen molar-refractivity contribution in [1.29, 1.82) is 0 Å². The van der Waals surface area contributed by atoms with Gasteiger partial charge in [-0.1, -0.05) is 12.1 Å². The van der Waals surface area contributed by atoms with Crippen molar-refractivity contribution >= 4 is 17.5 Å². The van der Waals surface area contributed by atoms with Gasteiger partial charge in [-0.05, 0) is 44.2 Å². The van der Waals surface area contributed by atoms with Crippen LogP contribution in [0.4, 0.5) is 29.5 Å². The van der Waals surface area contributed by atoms with Gasteiger partial charge in [-0.3, -0.25) is 0 Å². The number of alkyl halides is 3. The molecule has 0 fully saturated rings. The minimum absolute atomic E-state index is 0.101. The van der Waals surface area contributed by atoms with E-state index in [1.165, 1.54) is 18.2 Å². The van der Waals surface area contributed by atoms with E-state index in [1.54, 1.807) is 16.8 Å². The van der Waals surface area contributed by atoms with Crippen LogP contribution >= 0.6 is 0 Å². The van der Waals surface area contributed by atoms with Gasteiger partial charge in [0, 0.05) is 18.8 Å². The highest BCUT2D eigenvalue weighted by atomic mass is 19.4. The molecule has 0 aliphatic heterocycles. The number of rotatable bonds is 7. The van der Waals surface area contributed by atoms with Gasteiger partial charge < -0.3 is 20.7 Å². The second-order valence-corrected chi connectivity index (χ2v) is 6.47. The Morgan fingerprint density at radius 3 is 2.52 bits per heavy atom. The van der Waals surface area contributed by atoms with Crippen molar-refractivity contribution in [2.45, 2.75) is 20.2 Å². The monoisotopic (exact) mass is 435 g/mol. The van der Waals surface area contributed by atoms with Crippen molar-refractivity contribution in [3.8, 4) is 11.6 Å². The highest BCUT2D eigenvalue weighted by Crippen LogP contribution is 2.29. The summed E-state index contributed by atoms with van der Waals surface area (Å²) in [4.78, 5) is 12.0. The average Bonchev–Trinajstić information content (AvgIpc) is 3.04. The van der Waals surface area contributed by atoms with Crippen LogP contribution in [0, 0.1) is 13.8 Å². The number of aromatic nitrogens is 4. The lowest BCUT2D eigenvalue weighted by molar-refractivity contribution is -0.274. The molecular formula is C19H20F3N7O2. The molecule has 0 aliphatic carbocycles. The number of aryl methyl sites for hydroxylation is 2. The van der Waals surface area contributed by atoms with Crippen LogP contribution < -0.4 is 20.7 Å². The average molecular weight is 435 g/mol. The van der Waals surface area contributed by atoms with Crippen molar-refractivity contribution in [2.75, 3.05) is 23.7 Å². The predicted octanol–water partition coefficient (Wildman–Crippen LogP) is 3.41. The molecule has 12 heteroatoms. The number of carbonyl (C=O) groups excluding carboxylic acids is 1. The fourth-order valence-corrected chi connectivity index (χ4v) is 2.71. The van der Waals surface area contributed by atoms with Crippen LogP contribution in [0.15, 0.2) is 42.5 Å². The molecule has 0 bridgehead atoms. The third-order valence-electron chi connectivity index (χ3n) is 3.95. The number of hydrogen-bond donors (Lipinski definition) is 3. The molecule has 2 heterocycles. The Hall–Kier alpha value is -3.83. The third kappa shape index (κ3) is 6.32. The Bertz CT molecular complexity index is 1040. The maximum absolute atomic E-state index is 12.4. The summed E-state index contributed by atoms with van der Waals surface area (Å²) in [6, 6.07) is 10.0. The lowest BCUT2D eigenvalue weighted by Crippen LogP contribution is -2.33. The Kier molecular flexibility index (Phi) is 6.58. The number of amides is 2. The van der Waals surface area contributed by atoms with E-state index in [2.05, 4.69) is 36.0 Å². The first-order valence-corrected chi connectivity index (χ1v) is 9.22. The largest absolute Gasteiger partial charge is 0.573 e. The fourth-order valence-electron chi connectivity index (χ4n) is 2.71. The van der Waals surface area contributed by atoms with E-state index in [1.807, 2.05) is 19.9 Å². The van der Waals surface area contributed by atoms with Gasteiger partial charge in [0.1, 0.15) is 5.82 Å². The molecule has 1 aromatic carbocycles. The van der Waals surface area contributed by atoms with Crippen LogP contribution in [0.25, 0.3) is 5.82 Å². The SMILES string of the molecule is Cc1cc(C)n(-c2ccc(NCCNC(=O)Nc3ccccc3OC(F)(F)F)nn2)n1. The van der Waals surface area contributed by atoms with E-state index in [-0.39, 0.29) is 12.2 Å². The first kappa shape index (κ1) is 21.9. The molecule has 3 aromatic rings. The van der Waals surface area contributed by atoms with Gasteiger partial charge in [-0.15, -0.1) is 23.4 Å². The number of benzene rings is 1. The van der Waals surface area contributed by atoms with E-state index < -0.39 is 18.1 Å². The molecule has 0 saturated carbocycles. The molecule has 0 saturated heterocycles. The highest BCUT2D eigenvalue weighted by Gasteiger charge is 2.32. The van der Waals surface area contributed by atoms with E-state index >= 15 is 0 Å². The van der Waals surface area contributed by atoms with Gasteiger partial charge in [-0.2, -0.15) is 5.10 Å². The fraction of sp³-hybridized carbons (Fsp3) is 0.263. The first-order chi connectivity index (χ1) is 14.7. The first-order valence-electron chi connectivity index (χ1n) is 9.22. The Labute approximate surface area is 175 Å². The van der Waals surface area contributed by atoms with E-state index in [4.69, 9.17) is 0 Å².